The number of rotatable bonds is 3. The number of nitrogens with one attached hydrogen (secondary N) is 1. The van der Waals surface area contributed by atoms with Gasteiger partial charge in [0.25, 0.3) is 0 Å². The largest absolute Gasteiger partial charge is 0.478 e. The van der Waals surface area contributed by atoms with Gasteiger partial charge in [0.05, 0.1) is 10.5 Å². The van der Waals surface area contributed by atoms with E-state index < -0.39 is 17.0 Å². The second-order valence-corrected chi connectivity index (χ2v) is 3.66. The maximum atomic E-state index is 11.3. The van der Waals surface area contributed by atoms with Crippen molar-refractivity contribution in [3.63, 3.8) is 0 Å². The lowest BCUT2D eigenvalue weighted by atomic mass is 10.2. The molecule has 0 aliphatic rings. The van der Waals surface area contributed by atoms with Crippen LogP contribution in [0, 0.1) is 0 Å². The number of carboxylic acids is 1. The maximum Gasteiger partial charge on any atom is 0.336 e. The summed E-state index contributed by atoms with van der Waals surface area (Å²) in [5.41, 5.74) is 0.0650. The molecule has 0 saturated carbocycles. The second kappa shape index (κ2) is 4.15. The summed E-state index contributed by atoms with van der Waals surface area (Å²) in [4.78, 5) is 11.0. The van der Waals surface area contributed by atoms with Gasteiger partial charge in [-0.3, -0.25) is 0 Å². The number of hydrogen-bond acceptors (Lipinski definition) is 2. The van der Waals surface area contributed by atoms with E-state index in [-0.39, 0.29) is 10.5 Å². The molecule has 1 rings (SSSR count). The fraction of sp³-hybridized carbons (Fsp3) is 0.125. The van der Waals surface area contributed by atoms with Crippen LogP contribution in [0.4, 0.5) is 0 Å². The minimum Gasteiger partial charge on any atom is -0.478 e. The lowest BCUT2D eigenvalue weighted by Crippen LogP contribution is -2.14. The van der Waals surface area contributed by atoms with E-state index in [4.69, 9.17) is 5.11 Å². The van der Waals surface area contributed by atoms with E-state index in [1.165, 1.54) is 19.2 Å². The smallest absolute Gasteiger partial charge is 0.336 e. The first-order valence-electron chi connectivity index (χ1n) is 3.58. The monoisotopic (exact) mass is 199 g/mol. The summed E-state index contributed by atoms with van der Waals surface area (Å²) in [7, 11) is 0.0553. The second-order valence-electron chi connectivity index (χ2n) is 2.27. The van der Waals surface area contributed by atoms with Crippen LogP contribution in [0.25, 0.3) is 0 Å². The van der Waals surface area contributed by atoms with Crippen molar-refractivity contribution in [3.05, 3.63) is 29.8 Å². The molecule has 0 radical (unpaired) electrons. The van der Waals surface area contributed by atoms with E-state index in [2.05, 4.69) is 4.72 Å². The van der Waals surface area contributed by atoms with E-state index in [0.717, 1.165) is 0 Å². The zero-order valence-corrected chi connectivity index (χ0v) is 7.80. The van der Waals surface area contributed by atoms with Gasteiger partial charge in [-0.15, -0.1) is 0 Å². The third-order valence-corrected chi connectivity index (χ3v) is 2.63. The molecule has 0 heterocycles. The van der Waals surface area contributed by atoms with Crippen LogP contribution in [0.3, 0.4) is 0 Å². The first-order chi connectivity index (χ1) is 6.16. The number of hydrogen-bond donors (Lipinski definition) is 2. The van der Waals surface area contributed by atoms with Gasteiger partial charge in [0.2, 0.25) is 0 Å². The highest BCUT2D eigenvalue weighted by atomic mass is 32.2. The first kappa shape index (κ1) is 9.88. The van der Waals surface area contributed by atoms with Crippen LogP contribution in [0.5, 0.6) is 0 Å². The Labute approximate surface area is 78.2 Å². The summed E-state index contributed by atoms with van der Waals surface area (Å²) < 4.78 is 13.8. The molecule has 0 saturated heterocycles. The Balaban J connectivity index is 3.19. The van der Waals surface area contributed by atoms with Gasteiger partial charge in [-0.05, 0) is 19.2 Å². The van der Waals surface area contributed by atoms with Crippen LogP contribution in [0.15, 0.2) is 29.2 Å². The van der Waals surface area contributed by atoms with E-state index in [9.17, 15) is 9.00 Å². The van der Waals surface area contributed by atoms with Crippen LogP contribution in [0.2, 0.25) is 0 Å². The van der Waals surface area contributed by atoms with Crippen molar-refractivity contribution in [1.82, 2.24) is 4.72 Å². The van der Waals surface area contributed by atoms with Gasteiger partial charge in [-0.2, -0.15) is 0 Å². The van der Waals surface area contributed by atoms with Gasteiger partial charge < -0.3 is 5.11 Å². The van der Waals surface area contributed by atoms with Gasteiger partial charge in [0, 0.05) is 0 Å². The van der Waals surface area contributed by atoms with Gasteiger partial charge in [-0.25, -0.2) is 13.7 Å². The van der Waals surface area contributed by atoms with Crippen molar-refractivity contribution in [3.8, 4) is 0 Å². The van der Waals surface area contributed by atoms with Crippen molar-refractivity contribution in [2.75, 3.05) is 7.05 Å². The molecule has 2 N–H and O–H groups in total. The SMILES string of the molecule is CNS(=O)c1ccccc1C(=O)O. The van der Waals surface area contributed by atoms with Crippen LogP contribution in [0.1, 0.15) is 10.4 Å². The minimum atomic E-state index is -1.45. The highest BCUT2D eigenvalue weighted by Crippen LogP contribution is 2.11. The van der Waals surface area contributed by atoms with Gasteiger partial charge in [-0.1, -0.05) is 12.1 Å². The highest BCUT2D eigenvalue weighted by Gasteiger charge is 2.12. The predicted octanol–water partition coefficient (Wildman–Crippen LogP) is 0.627. The van der Waals surface area contributed by atoms with Crippen LogP contribution >= 0.6 is 0 Å². The Bertz CT molecular complexity index is 351. The Morgan fingerprint density at radius 1 is 1.46 bits per heavy atom. The van der Waals surface area contributed by atoms with Gasteiger partial charge in [0.1, 0.15) is 11.0 Å². The van der Waals surface area contributed by atoms with Gasteiger partial charge >= 0.3 is 5.97 Å². The molecule has 70 valence electrons. The molecule has 0 aliphatic carbocycles. The zero-order valence-electron chi connectivity index (χ0n) is 6.98. The van der Waals surface area contributed by atoms with Crippen molar-refractivity contribution in [1.29, 1.82) is 0 Å². The number of aromatic carboxylic acids is 1. The third-order valence-electron chi connectivity index (χ3n) is 1.50. The Morgan fingerprint density at radius 2 is 2.08 bits per heavy atom. The summed E-state index contributed by atoms with van der Waals surface area (Å²) in [5, 5.41) is 8.75. The molecule has 1 unspecified atom stereocenters. The predicted molar refractivity (Wildman–Crippen MR) is 48.9 cm³/mol. The maximum absolute atomic E-state index is 11.3. The number of benzene rings is 1. The molecule has 0 aliphatic heterocycles. The van der Waals surface area contributed by atoms with E-state index in [0.29, 0.717) is 0 Å². The quantitative estimate of drug-likeness (QED) is 0.750. The summed E-state index contributed by atoms with van der Waals surface area (Å²) in [6, 6.07) is 6.19. The van der Waals surface area contributed by atoms with Crippen LogP contribution in [-0.4, -0.2) is 22.3 Å². The summed E-state index contributed by atoms with van der Waals surface area (Å²) >= 11 is 0. The van der Waals surface area contributed by atoms with Crippen molar-refractivity contribution < 1.29 is 14.1 Å². The standard InChI is InChI=1S/C8H9NO3S/c1-9-13(12)7-5-3-2-4-6(7)8(10)11/h2-5,9H,1H3,(H,10,11). The van der Waals surface area contributed by atoms with E-state index >= 15 is 0 Å². The number of carboxylic acid groups (broad SMARTS) is 1. The Kier molecular flexibility index (Phi) is 3.16. The van der Waals surface area contributed by atoms with E-state index in [1.807, 2.05) is 0 Å². The first-order valence-corrected chi connectivity index (χ1v) is 4.73. The van der Waals surface area contributed by atoms with Gasteiger partial charge in [0.15, 0.2) is 0 Å². The normalized spacial score (nSPS) is 12.4. The molecule has 0 bridgehead atoms. The molecule has 1 atom stereocenters. The Morgan fingerprint density at radius 3 is 2.62 bits per heavy atom. The molecule has 0 fully saturated rings. The molecular weight excluding hydrogens is 190 g/mol. The van der Waals surface area contributed by atoms with E-state index in [1.54, 1.807) is 12.1 Å². The van der Waals surface area contributed by atoms with Crippen LogP contribution in [-0.2, 0) is 11.0 Å². The minimum absolute atomic E-state index is 0.0650. The fourth-order valence-electron chi connectivity index (χ4n) is 0.915. The summed E-state index contributed by atoms with van der Waals surface area (Å²) in [6.07, 6.45) is 0. The fourth-order valence-corrected chi connectivity index (χ4v) is 1.69. The number of carbonyl (C=O) groups is 1. The van der Waals surface area contributed by atoms with Crippen molar-refractivity contribution in [2.24, 2.45) is 0 Å². The lowest BCUT2D eigenvalue weighted by molar-refractivity contribution is 0.0693. The molecule has 0 amide bonds. The van der Waals surface area contributed by atoms with Crippen molar-refractivity contribution in [2.45, 2.75) is 4.90 Å². The van der Waals surface area contributed by atoms with Crippen molar-refractivity contribution >= 4 is 17.0 Å². The Hall–Kier alpha value is -1.20. The molecule has 5 heteroatoms. The summed E-state index contributed by atoms with van der Waals surface area (Å²) in [5.74, 6) is -1.07. The third kappa shape index (κ3) is 2.13. The highest BCUT2D eigenvalue weighted by molar-refractivity contribution is 7.83. The molecule has 1 aromatic rings. The molecule has 0 spiro atoms. The molecule has 4 nitrogen and oxygen atoms in total. The average Bonchev–Trinajstić information content (AvgIpc) is 2.16. The molecule has 1 aromatic carbocycles. The molecule has 13 heavy (non-hydrogen) atoms. The molecular formula is C8H9NO3S. The topological polar surface area (TPSA) is 66.4 Å². The van der Waals surface area contributed by atoms with Crippen LogP contribution < -0.4 is 4.72 Å². The molecule has 0 aromatic heterocycles. The lowest BCUT2D eigenvalue weighted by Gasteiger charge is -2.03. The summed E-state index contributed by atoms with van der Waals surface area (Å²) in [6.45, 7) is 0. The average molecular weight is 199 g/mol. The zero-order chi connectivity index (χ0) is 9.84.